The lowest BCUT2D eigenvalue weighted by Crippen LogP contribution is -2.11. The molecule has 1 aromatic rings. The first-order valence-corrected chi connectivity index (χ1v) is 7.75. The van der Waals surface area contributed by atoms with Gasteiger partial charge in [-0.3, -0.25) is 0 Å². The van der Waals surface area contributed by atoms with Crippen LogP contribution in [0.5, 0.6) is 0 Å². The summed E-state index contributed by atoms with van der Waals surface area (Å²) in [6, 6.07) is 2.15. The van der Waals surface area contributed by atoms with E-state index in [4.69, 9.17) is 0 Å². The molecular weight excluding hydrogens is 324 g/mol. The number of hydrogen-bond acceptors (Lipinski definition) is 1. The van der Waals surface area contributed by atoms with Crippen molar-refractivity contribution in [2.75, 3.05) is 0 Å². The van der Waals surface area contributed by atoms with Gasteiger partial charge in [-0.25, -0.2) is 0 Å². The molecule has 0 nitrogen and oxygen atoms in total. The van der Waals surface area contributed by atoms with Gasteiger partial charge in [-0.2, -0.15) is 0 Å². The first-order valence-electron chi connectivity index (χ1n) is 5.16. The summed E-state index contributed by atoms with van der Waals surface area (Å²) in [7, 11) is 0. The monoisotopic (exact) mass is 336 g/mol. The highest BCUT2D eigenvalue weighted by Gasteiger charge is 2.24. The van der Waals surface area contributed by atoms with Crippen molar-refractivity contribution in [3.05, 3.63) is 20.8 Å². The summed E-state index contributed by atoms with van der Waals surface area (Å²) in [4.78, 5) is 2.04. The van der Waals surface area contributed by atoms with Crippen LogP contribution in [-0.2, 0) is 0 Å². The van der Waals surface area contributed by atoms with Gasteiger partial charge in [0.05, 0.1) is 4.83 Å². The maximum atomic E-state index is 3.86. The summed E-state index contributed by atoms with van der Waals surface area (Å²) in [6.07, 6.45) is 7.04. The Labute approximate surface area is 106 Å². The molecule has 1 heterocycles. The zero-order chi connectivity index (χ0) is 9.97. The van der Waals surface area contributed by atoms with Gasteiger partial charge in [-0.05, 0) is 46.1 Å². The summed E-state index contributed by atoms with van der Waals surface area (Å²) in [5.41, 5.74) is 0. The second-order valence-corrected chi connectivity index (χ2v) is 6.72. The summed E-state index contributed by atoms with van der Waals surface area (Å²) in [5.74, 6) is 0.846. The lowest BCUT2D eigenvalue weighted by Gasteiger charge is -2.25. The SMILES string of the molecule is Brc1ccsc1C(Br)C1CCCCC1. The average Bonchev–Trinajstić information content (AvgIpc) is 2.65. The molecule has 0 aliphatic heterocycles. The fraction of sp³-hybridized carbons (Fsp3) is 0.636. The zero-order valence-corrected chi connectivity index (χ0v) is 12.0. The predicted octanol–water partition coefficient (Wildman–Crippen LogP) is 5.53. The molecule has 3 heteroatoms. The number of halogens is 2. The number of alkyl halides is 1. The quantitative estimate of drug-likeness (QED) is 0.622. The van der Waals surface area contributed by atoms with E-state index in [2.05, 4.69) is 43.3 Å². The lowest BCUT2D eigenvalue weighted by atomic mass is 9.86. The number of hydrogen-bond donors (Lipinski definition) is 0. The van der Waals surface area contributed by atoms with Gasteiger partial charge in [0.15, 0.2) is 0 Å². The lowest BCUT2D eigenvalue weighted by molar-refractivity contribution is 0.356. The van der Waals surface area contributed by atoms with E-state index in [0.717, 1.165) is 5.92 Å². The Morgan fingerprint density at radius 1 is 1.29 bits per heavy atom. The largest absolute Gasteiger partial charge is 0.147 e. The average molecular weight is 338 g/mol. The summed E-state index contributed by atoms with van der Waals surface area (Å²) in [5, 5.41) is 2.16. The van der Waals surface area contributed by atoms with Crippen LogP contribution in [0, 0.1) is 5.92 Å². The third-order valence-corrected chi connectivity index (χ3v) is 6.42. The molecule has 1 aromatic heterocycles. The standard InChI is InChI=1S/C11H14Br2S/c12-9-6-7-14-11(9)10(13)8-4-2-1-3-5-8/h6-8,10H,1-5H2. The normalized spacial score (nSPS) is 21.0. The highest BCUT2D eigenvalue weighted by atomic mass is 79.9. The van der Waals surface area contributed by atoms with E-state index >= 15 is 0 Å². The van der Waals surface area contributed by atoms with Crippen molar-refractivity contribution in [2.45, 2.75) is 36.9 Å². The highest BCUT2D eigenvalue weighted by molar-refractivity contribution is 9.11. The minimum Gasteiger partial charge on any atom is -0.147 e. The maximum absolute atomic E-state index is 3.86. The van der Waals surface area contributed by atoms with Crippen LogP contribution in [0.3, 0.4) is 0 Å². The van der Waals surface area contributed by atoms with Crippen LogP contribution in [0.4, 0.5) is 0 Å². The van der Waals surface area contributed by atoms with Gasteiger partial charge in [-0.1, -0.05) is 35.2 Å². The third kappa shape index (κ3) is 2.42. The van der Waals surface area contributed by atoms with Crippen LogP contribution in [0.25, 0.3) is 0 Å². The van der Waals surface area contributed by atoms with Crippen molar-refractivity contribution >= 4 is 43.2 Å². The van der Waals surface area contributed by atoms with Crippen molar-refractivity contribution in [2.24, 2.45) is 5.92 Å². The Kier molecular flexibility index (Phi) is 4.09. The van der Waals surface area contributed by atoms with Crippen molar-refractivity contribution in [1.82, 2.24) is 0 Å². The van der Waals surface area contributed by atoms with E-state index in [-0.39, 0.29) is 0 Å². The van der Waals surface area contributed by atoms with Gasteiger partial charge in [0.25, 0.3) is 0 Å². The van der Waals surface area contributed by atoms with Gasteiger partial charge in [0.2, 0.25) is 0 Å². The molecule has 0 aromatic carbocycles. The second kappa shape index (κ2) is 5.13. The van der Waals surface area contributed by atoms with Crippen LogP contribution in [0.1, 0.15) is 41.8 Å². The van der Waals surface area contributed by atoms with Crippen LogP contribution in [-0.4, -0.2) is 0 Å². The molecule has 0 saturated heterocycles. The van der Waals surface area contributed by atoms with E-state index < -0.39 is 0 Å². The van der Waals surface area contributed by atoms with E-state index in [9.17, 15) is 0 Å². The zero-order valence-electron chi connectivity index (χ0n) is 8.01. The molecule has 1 unspecified atom stereocenters. The van der Waals surface area contributed by atoms with E-state index in [1.807, 2.05) is 11.3 Å². The molecule has 0 spiro atoms. The van der Waals surface area contributed by atoms with Gasteiger partial charge < -0.3 is 0 Å². The molecule has 1 fully saturated rings. The minimum atomic E-state index is 0.567. The molecule has 0 N–H and O–H groups in total. The van der Waals surface area contributed by atoms with Crippen molar-refractivity contribution < 1.29 is 0 Å². The Morgan fingerprint density at radius 3 is 2.57 bits per heavy atom. The number of thiophene rings is 1. The summed E-state index contributed by atoms with van der Waals surface area (Å²) < 4.78 is 1.27. The molecule has 2 rings (SSSR count). The maximum Gasteiger partial charge on any atom is 0.0528 e. The van der Waals surface area contributed by atoms with Crippen molar-refractivity contribution in [1.29, 1.82) is 0 Å². The molecule has 0 amide bonds. The van der Waals surface area contributed by atoms with Gasteiger partial charge >= 0.3 is 0 Å². The first-order chi connectivity index (χ1) is 6.79. The number of rotatable bonds is 2. The first kappa shape index (κ1) is 11.2. The van der Waals surface area contributed by atoms with Crippen LogP contribution >= 0.6 is 43.2 Å². The summed E-state index contributed by atoms with van der Waals surface area (Å²) >= 11 is 9.33. The van der Waals surface area contributed by atoms with Crippen LogP contribution < -0.4 is 0 Å². The Hall–Kier alpha value is 0.660. The van der Waals surface area contributed by atoms with E-state index in [0.29, 0.717) is 4.83 Å². The van der Waals surface area contributed by atoms with E-state index in [1.54, 1.807) is 0 Å². The fourth-order valence-electron chi connectivity index (χ4n) is 2.14. The van der Waals surface area contributed by atoms with E-state index in [1.165, 1.54) is 41.5 Å². The van der Waals surface area contributed by atoms with Gasteiger partial charge in [0.1, 0.15) is 0 Å². The third-order valence-electron chi connectivity index (χ3n) is 2.96. The van der Waals surface area contributed by atoms with Gasteiger partial charge in [0, 0.05) is 9.35 Å². The van der Waals surface area contributed by atoms with Crippen molar-refractivity contribution in [3.63, 3.8) is 0 Å². The molecule has 78 valence electrons. The predicted molar refractivity (Wildman–Crippen MR) is 70.3 cm³/mol. The molecule has 0 radical (unpaired) electrons. The van der Waals surface area contributed by atoms with Gasteiger partial charge in [-0.15, -0.1) is 11.3 Å². The van der Waals surface area contributed by atoms with Crippen LogP contribution in [0.2, 0.25) is 0 Å². The molecule has 1 atom stereocenters. The second-order valence-electron chi connectivity index (χ2n) is 3.93. The molecule has 1 aliphatic rings. The smallest absolute Gasteiger partial charge is 0.0528 e. The fourth-order valence-corrected chi connectivity index (χ4v) is 5.24. The molecule has 14 heavy (non-hydrogen) atoms. The molecular formula is C11H14Br2S. The van der Waals surface area contributed by atoms with Crippen molar-refractivity contribution in [3.8, 4) is 0 Å². The molecule has 1 saturated carbocycles. The summed E-state index contributed by atoms with van der Waals surface area (Å²) in [6.45, 7) is 0. The topological polar surface area (TPSA) is 0 Å². The molecule has 1 aliphatic carbocycles. The Balaban J connectivity index is 2.07. The Bertz CT molecular complexity index is 289. The van der Waals surface area contributed by atoms with Crippen LogP contribution in [0.15, 0.2) is 15.9 Å². The Morgan fingerprint density at radius 2 is 2.00 bits per heavy atom. The minimum absolute atomic E-state index is 0.567. The molecule has 0 bridgehead atoms. The highest BCUT2D eigenvalue weighted by Crippen LogP contribution is 2.44.